The summed E-state index contributed by atoms with van der Waals surface area (Å²) in [6, 6.07) is 19.5. The van der Waals surface area contributed by atoms with Crippen molar-refractivity contribution in [1.82, 2.24) is 5.43 Å². The number of halogens is 1. The molecular formula is C25H26ClN3O5S. The van der Waals surface area contributed by atoms with E-state index in [9.17, 15) is 13.2 Å². The molecule has 0 aliphatic carbocycles. The second-order valence-corrected chi connectivity index (χ2v) is 9.41. The van der Waals surface area contributed by atoms with Crippen LogP contribution in [0.3, 0.4) is 0 Å². The summed E-state index contributed by atoms with van der Waals surface area (Å²) in [6.45, 7) is 4.18. The first kappa shape index (κ1) is 26.1. The minimum absolute atomic E-state index is 0.0362. The minimum atomic E-state index is -4.07. The van der Waals surface area contributed by atoms with Crippen LogP contribution in [-0.2, 0) is 14.8 Å². The maximum absolute atomic E-state index is 13.3. The molecule has 0 aliphatic heterocycles. The number of carbonyl (C=O) groups is 1. The third kappa shape index (κ3) is 6.74. The molecular weight excluding hydrogens is 490 g/mol. The molecule has 3 aromatic carbocycles. The zero-order valence-corrected chi connectivity index (χ0v) is 20.9. The van der Waals surface area contributed by atoms with Crippen LogP contribution in [0.15, 0.2) is 82.8 Å². The van der Waals surface area contributed by atoms with Crippen LogP contribution in [0.2, 0.25) is 5.02 Å². The highest BCUT2D eigenvalue weighted by Crippen LogP contribution is 2.30. The maximum atomic E-state index is 13.3. The molecule has 1 amide bonds. The Kier molecular flexibility index (Phi) is 9.11. The van der Waals surface area contributed by atoms with Crippen LogP contribution in [0, 0.1) is 0 Å². The summed E-state index contributed by atoms with van der Waals surface area (Å²) in [5, 5.41) is 4.16. The molecule has 8 nitrogen and oxygen atoms in total. The summed E-state index contributed by atoms with van der Waals surface area (Å²) in [5.41, 5.74) is 3.22. The van der Waals surface area contributed by atoms with Gasteiger partial charge < -0.3 is 9.47 Å². The maximum Gasteiger partial charge on any atom is 0.264 e. The number of rotatable bonds is 11. The van der Waals surface area contributed by atoms with Crippen LogP contribution < -0.4 is 19.2 Å². The van der Waals surface area contributed by atoms with E-state index in [2.05, 4.69) is 10.5 Å². The standard InChI is InChI=1S/C25H26ClN3O5S/c1-3-33-23-15-14-19(16-24(23)34-4-2)17-27-28-25(30)18-29(22-13-9-8-12-21(22)26)35(31,32)20-10-6-5-7-11-20/h5-17H,3-4,18H2,1-2H3,(H,28,30)/b27-17-. The third-order valence-electron chi connectivity index (χ3n) is 4.71. The largest absolute Gasteiger partial charge is 0.490 e. The first-order valence-corrected chi connectivity index (χ1v) is 12.7. The van der Waals surface area contributed by atoms with E-state index in [1.807, 2.05) is 13.8 Å². The first-order chi connectivity index (χ1) is 16.9. The van der Waals surface area contributed by atoms with E-state index < -0.39 is 22.5 Å². The van der Waals surface area contributed by atoms with E-state index in [-0.39, 0.29) is 15.6 Å². The number of nitrogens with one attached hydrogen (secondary N) is 1. The van der Waals surface area contributed by atoms with E-state index in [1.165, 1.54) is 24.4 Å². The molecule has 3 aromatic rings. The first-order valence-electron chi connectivity index (χ1n) is 10.9. The summed E-state index contributed by atoms with van der Waals surface area (Å²) in [5.74, 6) is 0.525. The number of sulfonamides is 1. The number of ether oxygens (including phenoxy) is 2. The highest BCUT2D eigenvalue weighted by molar-refractivity contribution is 7.92. The van der Waals surface area contributed by atoms with E-state index in [4.69, 9.17) is 21.1 Å². The lowest BCUT2D eigenvalue weighted by Crippen LogP contribution is -2.39. The minimum Gasteiger partial charge on any atom is -0.490 e. The van der Waals surface area contributed by atoms with Crippen molar-refractivity contribution in [2.75, 3.05) is 24.1 Å². The van der Waals surface area contributed by atoms with Gasteiger partial charge in [0.25, 0.3) is 15.9 Å². The average molecular weight is 516 g/mol. The Hall–Kier alpha value is -3.56. The second-order valence-electron chi connectivity index (χ2n) is 7.14. The molecule has 10 heteroatoms. The lowest BCUT2D eigenvalue weighted by Gasteiger charge is -2.24. The number of anilines is 1. The van der Waals surface area contributed by atoms with Crippen molar-refractivity contribution < 1.29 is 22.7 Å². The summed E-state index contributed by atoms with van der Waals surface area (Å²) in [4.78, 5) is 12.7. The van der Waals surface area contributed by atoms with Gasteiger partial charge in [0.1, 0.15) is 6.54 Å². The highest BCUT2D eigenvalue weighted by atomic mass is 35.5. The number of carbonyl (C=O) groups excluding carboxylic acids is 1. The number of benzene rings is 3. The van der Waals surface area contributed by atoms with Crippen LogP contribution in [0.25, 0.3) is 0 Å². The molecule has 3 rings (SSSR count). The molecule has 1 N–H and O–H groups in total. The molecule has 0 atom stereocenters. The Balaban J connectivity index is 1.79. The number of amides is 1. The molecule has 0 saturated heterocycles. The van der Waals surface area contributed by atoms with Gasteiger partial charge in [0.15, 0.2) is 11.5 Å². The van der Waals surface area contributed by atoms with Crippen molar-refractivity contribution in [3.05, 3.63) is 83.4 Å². The molecule has 0 saturated carbocycles. The Morgan fingerprint density at radius 1 is 0.971 bits per heavy atom. The van der Waals surface area contributed by atoms with Crippen molar-refractivity contribution in [2.24, 2.45) is 5.10 Å². The molecule has 35 heavy (non-hydrogen) atoms. The molecule has 0 spiro atoms. The molecule has 0 aliphatic rings. The number of hydrogen-bond donors (Lipinski definition) is 1. The van der Waals surface area contributed by atoms with Crippen molar-refractivity contribution in [1.29, 1.82) is 0 Å². The van der Waals surface area contributed by atoms with E-state index in [0.29, 0.717) is 30.3 Å². The SMILES string of the molecule is CCOc1ccc(/C=N\NC(=O)CN(c2ccccc2Cl)S(=O)(=O)c2ccccc2)cc1OCC. The molecule has 0 unspecified atom stereocenters. The molecule has 184 valence electrons. The van der Waals surface area contributed by atoms with E-state index in [0.717, 1.165) is 4.31 Å². The fourth-order valence-corrected chi connectivity index (χ4v) is 4.91. The van der Waals surface area contributed by atoms with Gasteiger partial charge in [-0.05, 0) is 61.9 Å². The fourth-order valence-electron chi connectivity index (χ4n) is 3.17. The predicted molar refractivity (Wildman–Crippen MR) is 137 cm³/mol. The van der Waals surface area contributed by atoms with Gasteiger partial charge in [-0.1, -0.05) is 41.9 Å². The second kappa shape index (κ2) is 12.2. The molecule has 0 radical (unpaired) electrons. The summed E-state index contributed by atoms with van der Waals surface area (Å²) < 4.78 is 38.7. The highest BCUT2D eigenvalue weighted by Gasteiger charge is 2.28. The van der Waals surface area contributed by atoms with Crippen molar-refractivity contribution in [3.63, 3.8) is 0 Å². The van der Waals surface area contributed by atoms with Gasteiger partial charge in [-0.3, -0.25) is 9.10 Å². The Labute approximate surface area is 210 Å². The number of hydrogen-bond acceptors (Lipinski definition) is 6. The van der Waals surface area contributed by atoms with Crippen molar-refractivity contribution in [3.8, 4) is 11.5 Å². The van der Waals surface area contributed by atoms with Crippen LogP contribution in [0.4, 0.5) is 5.69 Å². The van der Waals surface area contributed by atoms with Crippen molar-refractivity contribution in [2.45, 2.75) is 18.7 Å². The zero-order chi connectivity index (χ0) is 25.3. The Morgan fingerprint density at radius 3 is 2.31 bits per heavy atom. The third-order valence-corrected chi connectivity index (χ3v) is 6.80. The zero-order valence-electron chi connectivity index (χ0n) is 19.3. The van der Waals surface area contributed by atoms with Crippen LogP contribution in [0.5, 0.6) is 11.5 Å². The van der Waals surface area contributed by atoms with Gasteiger partial charge >= 0.3 is 0 Å². The summed E-state index contributed by atoms with van der Waals surface area (Å²) in [6.07, 6.45) is 1.43. The normalized spacial score (nSPS) is 11.3. The van der Waals surface area contributed by atoms with Gasteiger partial charge in [0.05, 0.1) is 35.0 Å². The van der Waals surface area contributed by atoms with Gasteiger partial charge in [-0.25, -0.2) is 13.8 Å². The van der Waals surface area contributed by atoms with E-state index in [1.54, 1.807) is 54.6 Å². The van der Waals surface area contributed by atoms with Crippen LogP contribution in [0.1, 0.15) is 19.4 Å². The van der Waals surface area contributed by atoms with Crippen LogP contribution >= 0.6 is 11.6 Å². The monoisotopic (exact) mass is 515 g/mol. The lowest BCUT2D eigenvalue weighted by molar-refractivity contribution is -0.119. The van der Waals surface area contributed by atoms with E-state index >= 15 is 0 Å². The van der Waals surface area contributed by atoms with Gasteiger partial charge in [0, 0.05) is 0 Å². The van der Waals surface area contributed by atoms with Gasteiger partial charge in [-0.15, -0.1) is 0 Å². The molecule has 0 aromatic heterocycles. The smallest absolute Gasteiger partial charge is 0.264 e. The summed E-state index contributed by atoms with van der Waals surface area (Å²) >= 11 is 6.27. The van der Waals surface area contributed by atoms with Crippen LogP contribution in [-0.4, -0.2) is 40.3 Å². The number of para-hydroxylation sites is 1. The van der Waals surface area contributed by atoms with Crippen molar-refractivity contribution >= 4 is 39.4 Å². The Bertz CT molecular complexity index is 1280. The quantitative estimate of drug-likeness (QED) is 0.300. The van der Waals surface area contributed by atoms with Gasteiger partial charge in [-0.2, -0.15) is 5.10 Å². The van der Waals surface area contributed by atoms with Gasteiger partial charge in [0.2, 0.25) is 0 Å². The molecule has 0 fully saturated rings. The lowest BCUT2D eigenvalue weighted by atomic mass is 10.2. The molecule has 0 bridgehead atoms. The predicted octanol–water partition coefficient (Wildman–Crippen LogP) is 4.48. The Morgan fingerprint density at radius 2 is 1.63 bits per heavy atom. The number of hydrazone groups is 1. The average Bonchev–Trinajstić information content (AvgIpc) is 2.85. The summed E-state index contributed by atoms with van der Waals surface area (Å²) in [7, 11) is -4.07. The fraction of sp³-hybridized carbons (Fsp3) is 0.200. The number of nitrogens with zero attached hydrogens (tertiary/aromatic N) is 2. The molecule has 0 heterocycles. The topological polar surface area (TPSA) is 97.3 Å².